The second kappa shape index (κ2) is 8.13. The van der Waals surface area contributed by atoms with E-state index in [2.05, 4.69) is 20.5 Å². The predicted molar refractivity (Wildman–Crippen MR) is 90.7 cm³/mol. The number of hydrogen-bond acceptors (Lipinski definition) is 5. The molecule has 2 atom stereocenters. The zero-order valence-electron chi connectivity index (χ0n) is 13.2. The monoisotopic (exact) mass is 376 g/mol. The third-order valence-electron chi connectivity index (χ3n) is 4.49. The first-order valence-electron chi connectivity index (χ1n) is 7.88. The number of likely N-dealkylation sites (tertiary alicyclic amines) is 1. The molecule has 1 aromatic rings. The van der Waals surface area contributed by atoms with E-state index in [9.17, 15) is 9.59 Å². The van der Waals surface area contributed by atoms with Crippen molar-refractivity contribution in [3.8, 4) is 0 Å². The molecule has 1 aliphatic carbocycles. The standard InChI is InChI=1S/C14H21ClN6O2.ClH/c15-14-18-12(19-20-14)3-4-13(23)17-10-6-21(7-11(16)22)5-9(10)8-1-2-8;/h8-10H,1-7H2,(H2,16,22)(H,17,23)(H,18,19,20);1H/t9-,10+;/m1./s1. The maximum atomic E-state index is 12.2. The van der Waals surface area contributed by atoms with Crippen molar-refractivity contribution in [2.45, 2.75) is 31.7 Å². The lowest BCUT2D eigenvalue weighted by atomic mass is 9.98. The molecule has 4 N–H and O–H groups in total. The highest BCUT2D eigenvalue weighted by molar-refractivity contribution is 6.28. The summed E-state index contributed by atoms with van der Waals surface area (Å²) >= 11 is 5.63. The highest BCUT2D eigenvalue weighted by Gasteiger charge is 2.43. The van der Waals surface area contributed by atoms with Crippen molar-refractivity contribution >= 4 is 35.8 Å². The number of rotatable bonds is 7. The molecule has 24 heavy (non-hydrogen) atoms. The van der Waals surface area contributed by atoms with Gasteiger partial charge in [0.05, 0.1) is 6.54 Å². The van der Waals surface area contributed by atoms with Crippen LogP contribution in [0.25, 0.3) is 0 Å². The van der Waals surface area contributed by atoms with Gasteiger partial charge in [-0.2, -0.15) is 0 Å². The molecule has 134 valence electrons. The van der Waals surface area contributed by atoms with Crippen LogP contribution in [0.1, 0.15) is 25.1 Å². The van der Waals surface area contributed by atoms with E-state index in [1.165, 1.54) is 12.8 Å². The first kappa shape index (κ1) is 19.0. The molecule has 1 aromatic heterocycles. The van der Waals surface area contributed by atoms with Crippen LogP contribution in [0.15, 0.2) is 0 Å². The largest absolute Gasteiger partial charge is 0.369 e. The van der Waals surface area contributed by atoms with Gasteiger partial charge in [0.2, 0.25) is 17.1 Å². The van der Waals surface area contributed by atoms with Gasteiger partial charge in [-0.1, -0.05) is 0 Å². The minimum atomic E-state index is -0.325. The molecule has 1 saturated carbocycles. The third kappa shape index (κ3) is 5.06. The summed E-state index contributed by atoms with van der Waals surface area (Å²) in [4.78, 5) is 29.3. The molecule has 0 radical (unpaired) electrons. The van der Waals surface area contributed by atoms with Crippen LogP contribution in [0.2, 0.25) is 5.28 Å². The Bertz CT molecular complexity index is 592. The maximum absolute atomic E-state index is 12.2. The molecule has 1 aliphatic heterocycles. The number of aromatic nitrogens is 3. The highest BCUT2D eigenvalue weighted by Crippen LogP contribution is 2.41. The van der Waals surface area contributed by atoms with Gasteiger partial charge in [0.15, 0.2) is 0 Å². The van der Waals surface area contributed by atoms with E-state index in [-0.39, 0.29) is 42.1 Å². The molecular formula is C14H22Cl2N6O2. The van der Waals surface area contributed by atoms with Gasteiger partial charge < -0.3 is 11.1 Å². The normalized spacial score (nSPS) is 23.7. The molecule has 1 saturated heterocycles. The number of carbonyl (C=O) groups is 2. The smallest absolute Gasteiger partial charge is 0.242 e. The number of H-pyrrole nitrogens is 1. The minimum Gasteiger partial charge on any atom is -0.369 e. The summed E-state index contributed by atoms with van der Waals surface area (Å²) in [5.74, 6) is 1.33. The Morgan fingerprint density at radius 3 is 2.71 bits per heavy atom. The summed E-state index contributed by atoms with van der Waals surface area (Å²) in [6, 6.07) is 0.0904. The van der Waals surface area contributed by atoms with Crippen LogP contribution >= 0.6 is 24.0 Å². The number of amides is 2. The lowest BCUT2D eigenvalue weighted by molar-refractivity contribution is -0.122. The van der Waals surface area contributed by atoms with Gasteiger partial charge in [-0.05, 0) is 36.3 Å². The van der Waals surface area contributed by atoms with E-state index < -0.39 is 0 Å². The number of carbonyl (C=O) groups excluding carboxylic acids is 2. The highest BCUT2D eigenvalue weighted by atomic mass is 35.5. The summed E-state index contributed by atoms with van der Waals surface area (Å²) in [7, 11) is 0. The molecule has 0 aromatic carbocycles. The average Bonchev–Trinajstić information content (AvgIpc) is 3.13. The van der Waals surface area contributed by atoms with Crippen LogP contribution in [0.4, 0.5) is 0 Å². The molecule has 2 heterocycles. The van der Waals surface area contributed by atoms with E-state index in [0.29, 0.717) is 37.0 Å². The van der Waals surface area contributed by atoms with E-state index in [1.54, 1.807) is 0 Å². The zero-order chi connectivity index (χ0) is 16.4. The molecule has 8 nitrogen and oxygen atoms in total. The zero-order valence-corrected chi connectivity index (χ0v) is 14.8. The number of nitrogens with zero attached hydrogens (tertiary/aromatic N) is 3. The Hall–Kier alpha value is -1.38. The quantitative estimate of drug-likeness (QED) is 0.624. The van der Waals surface area contributed by atoms with Crippen molar-refractivity contribution in [1.29, 1.82) is 0 Å². The van der Waals surface area contributed by atoms with E-state index in [0.717, 1.165) is 6.54 Å². The Kier molecular flexibility index (Phi) is 6.42. The molecule has 2 fully saturated rings. The predicted octanol–water partition coefficient (Wildman–Crippen LogP) is 0.124. The Balaban J connectivity index is 0.00000208. The molecule has 10 heteroatoms. The number of aryl methyl sites for hydroxylation is 1. The lowest BCUT2D eigenvalue weighted by Gasteiger charge is -2.19. The van der Waals surface area contributed by atoms with Gasteiger partial charge in [0.1, 0.15) is 5.82 Å². The fourth-order valence-corrected chi connectivity index (χ4v) is 3.46. The van der Waals surface area contributed by atoms with Gasteiger partial charge in [0, 0.05) is 32.0 Å². The number of hydrogen-bond donors (Lipinski definition) is 3. The van der Waals surface area contributed by atoms with Crippen molar-refractivity contribution in [3.63, 3.8) is 0 Å². The van der Waals surface area contributed by atoms with Crippen molar-refractivity contribution < 1.29 is 9.59 Å². The third-order valence-corrected chi connectivity index (χ3v) is 4.66. The van der Waals surface area contributed by atoms with Crippen molar-refractivity contribution in [2.75, 3.05) is 19.6 Å². The second-order valence-corrected chi connectivity index (χ2v) is 6.72. The number of primary amides is 1. The Morgan fingerprint density at radius 2 is 2.12 bits per heavy atom. The Labute approximate surface area is 151 Å². The average molecular weight is 377 g/mol. The van der Waals surface area contributed by atoms with Gasteiger partial charge >= 0.3 is 0 Å². The summed E-state index contributed by atoms with van der Waals surface area (Å²) < 4.78 is 0. The Morgan fingerprint density at radius 1 is 1.38 bits per heavy atom. The van der Waals surface area contributed by atoms with Crippen molar-refractivity contribution in [2.24, 2.45) is 17.6 Å². The van der Waals surface area contributed by atoms with Crippen LogP contribution in [-0.2, 0) is 16.0 Å². The summed E-state index contributed by atoms with van der Waals surface area (Å²) in [6.07, 6.45) is 3.21. The fraction of sp³-hybridized carbons (Fsp3) is 0.714. The molecule has 0 bridgehead atoms. The van der Waals surface area contributed by atoms with Crippen LogP contribution < -0.4 is 11.1 Å². The van der Waals surface area contributed by atoms with E-state index in [4.69, 9.17) is 17.3 Å². The number of nitrogens with one attached hydrogen (secondary N) is 2. The molecule has 2 amide bonds. The minimum absolute atomic E-state index is 0. The summed E-state index contributed by atoms with van der Waals surface area (Å²) in [5.41, 5.74) is 5.28. The van der Waals surface area contributed by atoms with Gasteiger partial charge in [-0.3, -0.25) is 19.6 Å². The van der Waals surface area contributed by atoms with Crippen LogP contribution in [0, 0.1) is 11.8 Å². The first-order chi connectivity index (χ1) is 11.0. The van der Waals surface area contributed by atoms with E-state index in [1.807, 2.05) is 4.90 Å². The summed E-state index contributed by atoms with van der Waals surface area (Å²) in [5, 5.41) is 9.68. The topological polar surface area (TPSA) is 117 Å². The van der Waals surface area contributed by atoms with Crippen molar-refractivity contribution in [1.82, 2.24) is 25.4 Å². The van der Waals surface area contributed by atoms with Crippen LogP contribution in [-0.4, -0.2) is 57.6 Å². The SMILES string of the molecule is Cl.NC(=O)CN1C[C@H](NC(=O)CCc2nc(Cl)n[nH]2)[C@@H](C2CC2)C1. The van der Waals surface area contributed by atoms with Crippen LogP contribution in [0.3, 0.4) is 0 Å². The van der Waals surface area contributed by atoms with Gasteiger partial charge in [0.25, 0.3) is 0 Å². The lowest BCUT2D eigenvalue weighted by Crippen LogP contribution is -2.41. The fourth-order valence-electron chi connectivity index (χ4n) is 3.31. The number of halogens is 2. The van der Waals surface area contributed by atoms with E-state index >= 15 is 0 Å². The van der Waals surface area contributed by atoms with Gasteiger partial charge in [-0.15, -0.1) is 17.5 Å². The van der Waals surface area contributed by atoms with Crippen LogP contribution in [0.5, 0.6) is 0 Å². The molecule has 2 aliphatic rings. The van der Waals surface area contributed by atoms with Crippen molar-refractivity contribution in [3.05, 3.63) is 11.1 Å². The molecule has 3 rings (SSSR count). The summed E-state index contributed by atoms with van der Waals surface area (Å²) in [6.45, 7) is 1.77. The first-order valence-corrected chi connectivity index (χ1v) is 8.26. The number of aromatic amines is 1. The molecule has 0 unspecified atom stereocenters. The van der Waals surface area contributed by atoms with Gasteiger partial charge in [-0.25, -0.2) is 4.98 Å². The maximum Gasteiger partial charge on any atom is 0.242 e. The number of nitrogens with two attached hydrogens (primary N) is 1. The molecular weight excluding hydrogens is 355 g/mol. The second-order valence-electron chi connectivity index (χ2n) is 6.39. The molecule has 0 spiro atoms.